The molecule has 1 unspecified atom stereocenters. The van der Waals surface area contributed by atoms with Crippen LogP contribution in [0, 0.1) is 5.82 Å². The van der Waals surface area contributed by atoms with Gasteiger partial charge in [-0.1, -0.05) is 6.07 Å². The van der Waals surface area contributed by atoms with Crippen LogP contribution in [0.15, 0.2) is 36.4 Å². The van der Waals surface area contributed by atoms with Crippen LogP contribution in [0.4, 0.5) is 15.8 Å². The number of amides is 2. The summed E-state index contributed by atoms with van der Waals surface area (Å²) in [6.07, 6.45) is 1.81. The predicted molar refractivity (Wildman–Crippen MR) is 89.9 cm³/mol. The minimum Gasteiger partial charge on any atom is -0.322 e. The fourth-order valence-corrected chi connectivity index (χ4v) is 3.60. The van der Waals surface area contributed by atoms with Crippen molar-refractivity contribution < 1.29 is 14.0 Å². The summed E-state index contributed by atoms with van der Waals surface area (Å²) in [7, 11) is 0. The lowest BCUT2D eigenvalue weighted by molar-refractivity contribution is -0.119. The number of nitrogens with zero attached hydrogens (tertiary/aromatic N) is 1. The minimum atomic E-state index is -0.443. The van der Waals surface area contributed by atoms with Crippen LogP contribution in [-0.2, 0) is 11.2 Å². The lowest BCUT2D eigenvalue weighted by atomic mass is 9.96. The third-order valence-corrected chi connectivity index (χ3v) is 4.76. The van der Waals surface area contributed by atoms with Crippen LogP contribution in [0.5, 0.6) is 0 Å². The number of carbonyl (C=O) groups is 2. The molecule has 24 heavy (non-hydrogen) atoms. The van der Waals surface area contributed by atoms with Crippen LogP contribution in [0.1, 0.15) is 40.7 Å². The fourth-order valence-electron chi connectivity index (χ4n) is 3.60. The van der Waals surface area contributed by atoms with Crippen LogP contribution in [0.3, 0.4) is 0 Å². The zero-order valence-corrected chi connectivity index (χ0v) is 13.3. The summed E-state index contributed by atoms with van der Waals surface area (Å²) in [4.78, 5) is 26.6. The molecule has 122 valence electrons. The first-order valence-electron chi connectivity index (χ1n) is 8.09. The first-order chi connectivity index (χ1) is 11.5. The van der Waals surface area contributed by atoms with Crippen LogP contribution in [0.25, 0.3) is 0 Å². The second kappa shape index (κ2) is 5.44. The van der Waals surface area contributed by atoms with Gasteiger partial charge >= 0.3 is 0 Å². The van der Waals surface area contributed by atoms with E-state index in [1.807, 2.05) is 24.0 Å². The topological polar surface area (TPSA) is 49.4 Å². The van der Waals surface area contributed by atoms with E-state index in [4.69, 9.17) is 0 Å². The van der Waals surface area contributed by atoms with Gasteiger partial charge in [0.05, 0.1) is 11.6 Å². The first-order valence-corrected chi connectivity index (χ1v) is 8.09. The Kier molecular flexibility index (Phi) is 3.37. The van der Waals surface area contributed by atoms with Gasteiger partial charge in [-0.15, -0.1) is 0 Å². The summed E-state index contributed by atoms with van der Waals surface area (Å²) in [5, 5.41) is 2.83. The predicted octanol–water partition coefficient (Wildman–Crippen LogP) is 3.47. The summed E-state index contributed by atoms with van der Waals surface area (Å²) in [5.41, 5.74) is 4.00. The zero-order valence-electron chi connectivity index (χ0n) is 13.3. The Morgan fingerprint density at radius 1 is 1.29 bits per heavy atom. The Morgan fingerprint density at radius 2 is 2.12 bits per heavy atom. The van der Waals surface area contributed by atoms with E-state index in [2.05, 4.69) is 5.32 Å². The van der Waals surface area contributed by atoms with Crippen LogP contribution < -0.4 is 10.2 Å². The summed E-state index contributed by atoms with van der Waals surface area (Å²) in [5.74, 6) is -0.865. The number of benzene rings is 2. The highest BCUT2D eigenvalue weighted by Crippen LogP contribution is 2.44. The smallest absolute Gasteiger partial charge is 0.255 e. The van der Waals surface area contributed by atoms with Crippen LogP contribution >= 0.6 is 0 Å². The highest BCUT2D eigenvalue weighted by molar-refractivity contribution is 6.08. The van der Waals surface area contributed by atoms with Gasteiger partial charge in [-0.2, -0.15) is 0 Å². The van der Waals surface area contributed by atoms with Gasteiger partial charge in [-0.05, 0) is 61.2 Å². The van der Waals surface area contributed by atoms with Gasteiger partial charge in [0, 0.05) is 17.8 Å². The number of aryl methyl sites for hydroxylation is 1. The largest absolute Gasteiger partial charge is 0.322 e. The Hall–Kier alpha value is -2.69. The Morgan fingerprint density at radius 3 is 2.92 bits per heavy atom. The van der Waals surface area contributed by atoms with Gasteiger partial charge in [0.15, 0.2) is 0 Å². The van der Waals surface area contributed by atoms with Crippen molar-refractivity contribution in [2.24, 2.45) is 0 Å². The van der Waals surface area contributed by atoms with Crippen molar-refractivity contribution in [2.75, 3.05) is 16.8 Å². The van der Waals surface area contributed by atoms with Gasteiger partial charge < -0.3 is 10.2 Å². The van der Waals surface area contributed by atoms with E-state index in [9.17, 15) is 14.0 Å². The van der Waals surface area contributed by atoms with E-state index in [0.717, 1.165) is 36.2 Å². The molecule has 1 N–H and O–H groups in total. The summed E-state index contributed by atoms with van der Waals surface area (Å²) in [6.45, 7) is 2.66. The van der Waals surface area contributed by atoms with Crippen LogP contribution in [-0.4, -0.2) is 18.4 Å². The highest BCUT2D eigenvalue weighted by atomic mass is 19.1. The molecule has 0 bridgehead atoms. The summed E-state index contributed by atoms with van der Waals surface area (Å²) in [6, 6.07) is 9.38. The minimum absolute atomic E-state index is 0.125. The van der Waals surface area contributed by atoms with E-state index in [1.165, 1.54) is 18.2 Å². The quantitative estimate of drug-likeness (QED) is 0.919. The van der Waals surface area contributed by atoms with Crippen molar-refractivity contribution in [1.82, 2.24) is 0 Å². The molecule has 2 amide bonds. The molecular formula is C19H17FN2O2. The molecule has 4 rings (SSSR count). The lowest BCUT2D eigenvalue weighted by Crippen LogP contribution is -2.32. The molecule has 0 fully saturated rings. The van der Waals surface area contributed by atoms with Crippen LogP contribution in [0.2, 0.25) is 0 Å². The molecule has 0 saturated heterocycles. The van der Waals surface area contributed by atoms with Gasteiger partial charge in [0.1, 0.15) is 5.82 Å². The average Bonchev–Trinajstić information content (AvgIpc) is 2.82. The molecule has 4 nitrogen and oxygen atoms in total. The number of nitrogens with one attached hydrogen (secondary N) is 1. The highest BCUT2D eigenvalue weighted by Gasteiger charge is 2.37. The second-order valence-corrected chi connectivity index (χ2v) is 6.35. The van der Waals surface area contributed by atoms with Crippen molar-refractivity contribution >= 4 is 23.2 Å². The summed E-state index contributed by atoms with van der Waals surface area (Å²) >= 11 is 0. The molecule has 2 aromatic rings. The van der Waals surface area contributed by atoms with E-state index < -0.39 is 5.82 Å². The third kappa shape index (κ3) is 2.28. The van der Waals surface area contributed by atoms with E-state index in [1.54, 1.807) is 6.07 Å². The Bertz CT molecular complexity index is 862. The maximum atomic E-state index is 13.3. The molecule has 2 aliphatic rings. The molecule has 0 saturated carbocycles. The molecule has 2 heterocycles. The van der Waals surface area contributed by atoms with Gasteiger partial charge in [0.2, 0.25) is 5.91 Å². The molecular weight excluding hydrogens is 307 g/mol. The number of rotatable bonds is 2. The molecule has 0 aromatic heterocycles. The van der Waals surface area contributed by atoms with Crippen molar-refractivity contribution in [3.05, 3.63) is 58.9 Å². The van der Waals surface area contributed by atoms with Crippen molar-refractivity contribution in [3.63, 3.8) is 0 Å². The second-order valence-electron chi connectivity index (χ2n) is 6.35. The fraction of sp³-hybridized carbons (Fsp3) is 0.263. The number of hydrogen-bond donors (Lipinski definition) is 1. The number of halogens is 1. The molecule has 0 aliphatic carbocycles. The summed E-state index contributed by atoms with van der Waals surface area (Å²) < 4.78 is 13.3. The molecule has 5 heteroatoms. The van der Waals surface area contributed by atoms with Crippen molar-refractivity contribution in [3.8, 4) is 0 Å². The SMILES string of the molecule is CC1C(=O)N2CCCc3cc(NC(=O)c4cccc(F)c4)cc1c32. The molecule has 0 spiro atoms. The lowest BCUT2D eigenvalue weighted by Gasteiger charge is -2.26. The average molecular weight is 324 g/mol. The van der Waals surface area contributed by atoms with E-state index in [0.29, 0.717) is 5.69 Å². The molecule has 0 radical (unpaired) electrons. The third-order valence-electron chi connectivity index (χ3n) is 4.76. The van der Waals surface area contributed by atoms with Gasteiger partial charge in [-0.25, -0.2) is 4.39 Å². The zero-order chi connectivity index (χ0) is 16.8. The maximum Gasteiger partial charge on any atom is 0.255 e. The normalized spacial score (nSPS) is 18.5. The first kappa shape index (κ1) is 14.9. The number of anilines is 2. The number of hydrogen-bond acceptors (Lipinski definition) is 2. The van der Waals surface area contributed by atoms with Crippen molar-refractivity contribution in [1.29, 1.82) is 0 Å². The standard InChI is InChI=1S/C19H17FN2O2/c1-11-16-10-15(21-18(23)13-4-2-6-14(20)8-13)9-12-5-3-7-22(17(12)16)19(11)24/h2,4,6,8-11H,3,5,7H2,1H3,(H,21,23). The van der Waals surface area contributed by atoms with Gasteiger partial charge in [0.25, 0.3) is 5.91 Å². The molecule has 2 aliphatic heterocycles. The monoisotopic (exact) mass is 324 g/mol. The van der Waals surface area contributed by atoms with E-state index in [-0.39, 0.29) is 23.3 Å². The molecule has 1 atom stereocenters. The van der Waals surface area contributed by atoms with Crippen molar-refractivity contribution in [2.45, 2.75) is 25.7 Å². The van der Waals surface area contributed by atoms with Gasteiger partial charge in [-0.3, -0.25) is 9.59 Å². The van der Waals surface area contributed by atoms with E-state index >= 15 is 0 Å². The maximum absolute atomic E-state index is 13.3. The number of carbonyl (C=O) groups excluding carboxylic acids is 2. The molecule has 2 aromatic carbocycles. The Balaban J connectivity index is 1.69. The Labute approximate surface area is 139 Å².